The lowest BCUT2D eigenvalue weighted by molar-refractivity contribution is 0.232. The molecule has 1 aromatic rings. The van der Waals surface area contributed by atoms with Crippen LogP contribution in [0.5, 0.6) is 0 Å². The van der Waals surface area contributed by atoms with Gasteiger partial charge in [-0.1, -0.05) is 13.8 Å². The first-order valence-electron chi connectivity index (χ1n) is 7.62. The van der Waals surface area contributed by atoms with E-state index in [-0.39, 0.29) is 0 Å². The first kappa shape index (κ1) is 14.4. The number of rotatable bonds is 3. The van der Waals surface area contributed by atoms with Crippen molar-refractivity contribution in [3.05, 3.63) is 11.4 Å². The van der Waals surface area contributed by atoms with Crippen LogP contribution in [0, 0.1) is 19.3 Å². The van der Waals surface area contributed by atoms with Gasteiger partial charge in [0.1, 0.15) is 0 Å². The van der Waals surface area contributed by atoms with Crippen LogP contribution in [0.25, 0.3) is 0 Å². The topological polar surface area (TPSA) is 29.9 Å². The van der Waals surface area contributed by atoms with Crippen molar-refractivity contribution in [1.82, 2.24) is 9.78 Å². The van der Waals surface area contributed by atoms with Crippen molar-refractivity contribution >= 4 is 5.69 Å². The highest BCUT2D eigenvalue weighted by atomic mass is 15.3. The number of nitrogens with one attached hydrogen (secondary N) is 1. The Hall–Kier alpha value is -0.990. The molecule has 3 nitrogen and oxygen atoms in total. The van der Waals surface area contributed by atoms with E-state index < -0.39 is 0 Å². The Morgan fingerprint density at radius 3 is 2.26 bits per heavy atom. The van der Waals surface area contributed by atoms with E-state index in [1.807, 2.05) is 0 Å². The highest BCUT2D eigenvalue weighted by Crippen LogP contribution is 2.36. The molecule has 3 heteroatoms. The molecule has 1 aliphatic rings. The molecule has 2 rings (SSSR count). The molecule has 0 atom stereocenters. The first-order valence-corrected chi connectivity index (χ1v) is 7.62. The van der Waals surface area contributed by atoms with E-state index in [0.717, 1.165) is 5.69 Å². The standard InChI is InChI=1S/C16H29N3/c1-11(2)19-13(4)15(12(3)18-19)17-14-7-9-16(5,6)10-8-14/h11,14,17H,7-10H2,1-6H3. The SMILES string of the molecule is Cc1nn(C(C)C)c(C)c1NC1CCC(C)(C)CC1. The normalized spacial score (nSPS) is 19.9. The Morgan fingerprint density at radius 2 is 1.79 bits per heavy atom. The van der Waals surface area contributed by atoms with Crippen LogP contribution in [0.15, 0.2) is 0 Å². The second kappa shape index (κ2) is 5.18. The van der Waals surface area contributed by atoms with Crippen molar-refractivity contribution in [2.45, 2.75) is 79.3 Å². The van der Waals surface area contributed by atoms with E-state index in [1.165, 1.54) is 37.1 Å². The molecule has 19 heavy (non-hydrogen) atoms. The van der Waals surface area contributed by atoms with E-state index >= 15 is 0 Å². The number of hydrogen-bond acceptors (Lipinski definition) is 2. The van der Waals surface area contributed by atoms with Crippen molar-refractivity contribution in [2.24, 2.45) is 5.41 Å². The van der Waals surface area contributed by atoms with Gasteiger partial charge < -0.3 is 5.32 Å². The second-order valence-corrected chi connectivity index (χ2v) is 7.17. The van der Waals surface area contributed by atoms with Crippen LogP contribution in [-0.2, 0) is 0 Å². The van der Waals surface area contributed by atoms with Crippen LogP contribution in [0.2, 0.25) is 0 Å². The van der Waals surface area contributed by atoms with Gasteiger partial charge in [-0.2, -0.15) is 5.10 Å². The molecule has 108 valence electrons. The zero-order valence-corrected chi connectivity index (χ0v) is 13.4. The quantitative estimate of drug-likeness (QED) is 0.872. The molecule has 0 unspecified atom stereocenters. The molecular formula is C16H29N3. The highest BCUT2D eigenvalue weighted by Gasteiger charge is 2.27. The zero-order chi connectivity index (χ0) is 14.2. The van der Waals surface area contributed by atoms with Crippen LogP contribution in [0.1, 0.15) is 70.8 Å². The van der Waals surface area contributed by atoms with Gasteiger partial charge in [0.15, 0.2) is 0 Å². The second-order valence-electron chi connectivity index (χ2n) is 7.17. The maximum atomic E-state index is 4.66. The van der Waals surface area contributed by atoms with Crippen molar-refractivity contribution in [2.75, 3.05) is 5.32 Å². The van der Waals surface area contributed by atoms with E-state index in [0.29, 0.717) is 17.5 Å². The summed E-state index contributed by atoms with van der Waals surface area (Å²) in [5, 5.41) is 8.41. The Balaban J connectivity index is 2.08. The van der Waals surface area contributed by atoms with Gasteiger partial charge in [-0.15, -0.1) is 0 Å². The fourth-order valence-corrected chi connectivity index (χ4v) is 3.12. The maximum Gasteiger partial charge on any atom is 0.0828 e. The molecule has 0 spiro atoms. The fourth-order valence-electron chi connectivity index (χ4n) is 3.12. The molecule has 1 heterocycles. The Bertz CT molecular complexity index is 433. The third-order valence-electron chi connectivity index (χ3n) is 4.50. The average Bonchev–Trinajstić information content (AvgIpc) is 2.59. The molecule has 1 aromatic heterocycles. The molecule has 1 aliphatic carbocycles. The molecule has 0 aliphatic heterocycles. The van der Waals surface area contributed by atoms with Gasteiger partial charge in [0.2, 0.25) is 0 Å². The molecule has 0 bridgehead atoms. The van der Waals surface area contributed by atoms with Gasteiger partial charge in [0.25, 0.3) is 0 Å². The van der Waals surface area contributed by atoms with Crippen molar-refractivity contribution in [1.29, 1.82) is 0 Å². The molecule has 0 amide bonds. The summed E-state index contributed by atoms with van der Waals surface area (Å²) in [7, 11) is 0. The van der Waals surface area contributed by atoms with Gasteiger partial charge in [0.05, 0.1) is 17.1 Å². The smallest absolute Gasteiger partial charge is 0.0828 e. The van der Waals surface area contributed by atoms with Gasteiger partial charge in [-0.3, -0.25) is 4.68 Å². The van der Waals surface area contributed by atoms with Gasteiger partial charge in [-0.05, 0) is 58.8 Å². The monoisotopic (exact) mass is 263 g/mol. The molecule has 0 aromatic carbocycles. The third-order valence-corrected chi connectivity index (χ3v) is 4.50. The predicted molar refractivity (Wildman–Crippen MR) is 81.7 cm³/mol. The third kappa shape index (κ3) is 3.13. The minimum atomic E-state index is 0.430. The van der Waals surface area contributed by atoms with Gasteiger partial charge in [-0.25, -0.2) is 0 Å². The minimum Gasteiger partial charge on any atom is -0.379 e. The summed E-state index contributed by atoms with van der Waals surface area (Å²) in [5.41, 5.74) is 4.21. The summed E-state index contributed by atoms with van der Waals surface area (Å²) in [5.74, 6) is 0. The fraction of sp³-hybridized carbons (Fsp3) is 0.812. The lowest BCUT2D eigenvalue weighted by atomic mass is 9.75. The van der Waals surface area contributed by atoms with Crippen molar-refractivity contribution < 1.29 is 0 Å². The van der Waals surface area contributed by atoms with Gasteiger partial charge >= 0.3 is 0 Å². The molecule has 1 fully saturated rings. The summed E-state index contributed by atoms with van der Waals surface area (Å²) in [6.07, 6.45) is 5.19. The highest BCUT2D eigenvalue weighted by molar-refractivity contribution is 5.53. The van der Waals surface area contributed by atoms with Crippen LogP contribution >= 0.6 is 0 Å². The largest absolute Gasteiger partial charge is 0.379 e. The van der Waals surface area contributed by atoms with Crippen LogP contribution in [0.4, 0.5) is 5.69 Å². The number of aryl methyl sites for hydroxylation is 1. The predicted octanol–water partition coefficient (Wildman–Crippen LogP) is 4.46. The minimum absolute atomic E-state index is 0.430. The number of nitrogens with zero attached hydrogens (tertiary/aromatic N) is 2. The van der Waals surface area contributed by atoms with E-state index in [2.05, 4.69) is 56.6 Å². The number of aromatic nitrogens is 2. The summed E-state index contributed by atoms with van der Waals surface area (Å²) >= 11 is 0. The zero-order valence-electron chi connectivity index (χ0n) is 13.4. The molecule has 1 saturated carbocycles. The Kier molecular flexibility index (Phi) is 3.93. The van der Waals surface area contributed by atoms with Crippen LogP contribution in [-0.4, -0.2) is 15.8 Å². The summed E-state index contributed by atoms with van der Waals surface area (Å²) in [6, 6.07) is 1.05. The first-order chi connectivity index (χ1) is 8.80. The lowest BCUT2D eigenvalue weighted by Crippen LogP contribution is -2.30. The average molecular weight is 263 g/mol. The van der Waals surface area contributed by atoms with Crippen LogP contribution in [0.3, 0.4) is 0 Å². The van der Waals surface area contributed by atoms with E-state index in [1.54, 1.807) is 0 Å². The number of hydrogen-bond donors (Lipinski definition) is 1. The summed E-state index contributed by atoms with van der Waals surface area (Å²) in [4.78, 5) is 0. The van der Waals surface area contributed by atoms with Crippen molar-refractivity contribution in [3.8, 4) is 0 Å². The molecule has 0 saturated heterocycles. The van der Waals surface area contributed by atoms with Gasteiger partial charge in [0, 0.05) is 12.1 Å². The molecular weight excluding hydrogens is 234 g/mol. The Morgan fingerprint density at radius 1 is 1.21 bits per heavy atom. The van der Waals surface area contributed by atoms with Crippen molar-refractivity contribution in [3.63, 3.8) is 0 Å². The maximum absolute atomic E-state index is 4.66. The van der Waals surface area contributed by atoms with Crippen LogP contribution < -0.4 is 5.32 Å². The lowest BCUT2D eigenvalue weighted by Gasteiger charge is -2.35. The molecule has 0 radical (unpaired) electrons. The van der Waals surface area contributed by atoms with E-state index in [9.17, 15) is 0 Å². The number of anilines is 1. The summed E-state index contributed by atoms with van der Waals surface area (Å²) in [6.45, 7) is 13.4. The Labute approximate surface area is 117 Å². The summed E-state index contributed by atoms with van der Waals surface area (Å²) < 4.78 is 2.13. The van der Waals surface area contributed by atoms with E-state index in [4.69, 9.17) is 0 Å². The molecule has 1 N–H and O–H groups in total.